The second-order valence-electron chi connectivity index (χ2n) is 8.87. The van der Waals surface area contributed by atoms with E-state index in [1.54, 1.807) is 12.3 Å². The summed E-state index contributed by atoms with van der Waals surface area (Å²) in [6, 6.07) is 7.74. The predicted octanol–water partition coefficient (Wildman–Crippen LogP) is 4.39. The number of hydrogen-bond acceptors (Lipinski definition) is 5. The van der Waals surface area contributed by atoms with Crippen molar-refractivity contribution in [3.63, 3.8) is 0 Å². The first-order valence-corrected chi connectivity index (χ1v) is 10.5. The molecule has 1 aliphatic rings. The second kappa shape index (κ2) is 8.34. The molecule has 4 rings (SSSR count). The minimum Gasteiger partial charge on any atom is -0.465 e. The molecule has 0 spiro atoms. The zero-order valence-electron chi connectivity index (χ0n) is 17.8. The first-order chi connectivity index (χ1) is 14.9. The highest BCUT2D eigenvalue weighted by Crippen LogP contribution is 2.41. The fraction of sp³-hybridized carbons (Fsp3) is 0.435. The molecule has 1 saturated carbocycles. The van der Waals surface area contributed by atoms with Crippen LogP contribution in [0.2, 0.25) is 0 Å². The Kier molecular flexibility index (Phi) is 5.59. The molecule has 0 aliphatic heterocycles. The highest BCUT2D eigenvalue weighted by atomic mass is 16.4. The Morgan fingerprint density at radius 3 is 2.90 bits per heavy atom. The Hall–Kier alpha value is -3.47. The maximum absolute atomic E-state index is 11.9. The summed E-state index contributed by atoms with van der Waals surface area (Å²) in [6.07, 6.45) is 7.96. The predicted molar refractivity (Wildman–Crippen MR) is 117 cm³/mol. The average molecular weight is 419 g/mol. The van der Waals surface area contributed by atoms with Crippen LogP contribution in [-0.4, -0.2) is 37.3 Å². The topological polar surface area (TPSA) is 108 Å². The molecule has 8 heteroatoms. The number of imidazole rings is 1. The van der Waals surface area contributed by atoms with E-state index in [-0.39, 0.29) is 11.3 Å². The van der Waals surface area contributed by atoms with E-state index in [4.69, 9.17) is 0 Å². The number of amides is 1. The molecule has 1 aromatic carbocycles. The van der Waals surface area contributed by atoms with E-state index >= 15 is 0 Å². The van der Waals surface area contributed by atoms with E-state index in [1.165, 1.54) is 11.1 Å². The summed E-state index contributed by atoms with van der Waals surface area (Å²) in [4.78, 5) is 26.2. The van der Waals surface area contributed by atoms with Crippen LogP contribution in [0, 0.1) is 29.6 Å². The number of benzene rings is 1. The van der Waals surface area contributed by atoms with Gasteiger partial charge in [0.1, 0.15) is 0 Å². The number of hydrogen-bond donors (Lipinski definition) is 1. The molecule has 3 aromatic rings. The van der Waals surface area contributed by atoms with Crippen LogP contribution in [0.5, 0.6) is 0 Å². The number of nitrogens with zero attached hydrogens (tertiary/aromatic N) is 6. The largest absolute Gasteiger partial charge is 0.465 e. The van der Waals surface area contributed by atoms with Gasteiger partial charge in [-0.3, -0.25) is 9.88 Å². The van der Waals surface area contributed by atoms with Crippen LogP contribution in [-0.2, 0) is 6.54 Å². The molecule has 2 atom stereocenters. The van der Waals surface area contributed by atoms with Crippen LogP contribution >= 0.6 is 0 Å². The number of carbonyl (C=O) groups is 1. The first kappa shape index (κ1) is 20.8. The molecule has 1 N–H and O–H groups in total. The van der Waals surface area contributed by atoms with Crippen molar-refractivity contribution in [3.8, 4) is 6.07 Å². The van der Waals surface area contributed by atoms with Crippen LogP contribution < -0.4 is 4.90 Å². The lowest BCUT2D eigenvalue weighted by Crippen LogP contribution is -2.39. The van der Waals surface area contributed by atoms with Gasteiger partial charge in [-0.25, -0.2) is 14.8 Å². The molecule has 2 unspecified atom stereocenters. The van der Waals surface area contributed by atoms with E-state index < -0.39 is 6.09 Å². The van der Waals surface area contributed by atoms with Gasteiger partial charge in [0.25, 0.3) is 0 Å². The van der Waals surface area contributed by atoms with Gasteiger partial charge in [0.15, 0.2) is 5.82 Å². The smallest absolute Gasteiger partial charge is 0.413 e. The van der Waals surface area contributed by atoms with E-state index in [9.17, 15) is 15.2 Å². The fourth-order valence-electron chi connectivity index (χ4n) is 4.73. The van der Waals surface area contributed by atoms with Crippen LogP contribution in [0.15, 0.2) is 36.9 Å². The van der Waals surface area contributed by atoms with E-state index in [2.05, 4.69) is 32.5 Å². The highest BCUT2D eigenvalue weighted by molar-refractivity contribution is 5.84. The van der Waals surface area contributed by atoms with Crippen molar-refractivity contribution in [2.75, 3.05) is 11.4 Å². The van der Waals surface area contributed by atoms with Crippen molar-refractivity contribution >= 4 is 22.9 Å². The van der Waals surface area contributed by atoms with Gasteiger partial charge in [0.2, 0.25) is 0 Å². The fourth-order valence-corrected chi connectivity index (χ4v) is 4.73. The number of rotatable bonds is 5. The third kappa shape index (κ3) is 4.50. The Morgan fingerprint density at radius 1 is 1.35 bits per heavy atom. The number of aryl methyl sites for hydroxylation is 1. The molecule has 31 heavy (non-hydrogen) atoms. The van der Waals surface area contributed by atoms with Crippen LogP contribution in [0.25, 0.3) is 11.0 Å². The van der Waals surface area contributed by atoms with E-state index in [1.807, 2.05) is 25.4 Å². The zero-order chi connectivity index (χ0) is 22.0. The Bertz CT molecular complexity index is 1130. The number of nitriles is 1. The summed E-state index contributed by atoms with van der Waals surface area (Å²) in [5.74, 6) is 0.609. The summed E-state index contributed by atoms with van der Waals surface area (Å²) < 4.78 is 2.12. The summed E-state index contributed by atoms with van der Waals surface area (Å²) in [6.45, 7) is 5.28. The molecule has 8 nitrogen and oxygen atoms in total. The van der Waals surface area contributed by atoms with Crippen molar-refractivity contribution in [1.29, 1.82) is 5.26 Å². The van der Waals surface area contributed by atoms with Crippen molar-refractivity contribution in [1.82, 2.24) is 19.5 Å². The summed E-state index contributed by atoms with van der Waals surface area (Å²) in [5.41, 5.74) is 3.24. The zero-order valence-corrected chi connectivity index (χ0v) is 17.8. The number of anilines is 1. The van der Waals surface area contributed by atoms with Gasteiger partial charge in [-0.1, -0.05) is 13.3 Å². The lowest BCUT2D eigenvalue weighted by molar-refractivity contribution is 0.136. The maximum Gasteiger partial charge on any atom is 0.413 e. The molecular weight excluding hydrogens is 392 g/mol. The molecule has 0 radical (unpaired) electrons. The van der Waals surface area contributed by atoms with Crippen molar-refractivity contribution in [2.24, 2.45) is 11.3 Å². The van der Waals surface area contributed by atoms with Gasteiger partial charge in [0.05, 0.1) is 47.1 Å². The van der Waals surface area contributed by atoms with Crippen LogP contribution in [0.4, 0.5) is 10.6 Å². The van der Waals surface area contributed by atoms with Crippen molar-refractivity contribution < 1.29 is 9.90 Å². The third-order valence-corrected chi connectivity index (χ3v) is 6.19. The molecule has 2 heterocycles. The Balaban J connectivity index is 1.51. The number of fused-ring (bicyclic) bond motifs is 1. The van der Waals surface area contributed by atoms with Crippen LogP contribution in [0.1, 0.15) is 43.9 Å². The van der Waals surface area contributed by atoms with Gasteiger partial charge < -0.3 is 9.67 Å². The van der Waals surface area contributed by atoms with E-state index in [0.29, 0.717) is 17.9 Å². The van der Waals surface area contributed by atoms with Gasteiger partial charge in [0, 0.05) is 13.1 Å². The summed E-state index contributed by atoms with van der Waals surface area (Å²) in [5, 5.41) is 19.0. The number of aromatic nitrogens is 4. The monoisotopic (exact) mass is 418 g/mol. The lowest BCUT2D eigenvalue weighted by Gasteiger charge is -2.39. The quantitative estimate of drug-likeness (QED) is 0.658. The SMILES string of the molecule is Cc1cnc(N(CC2CCCC(C)(Cn3cnc4ccc(C#N)cc43)C2)C(=O)O)cn1. The lowest BCUT2D eigenvalue weighted by atomic mass is 9.70. The minimum absolute atomic E-state index is 0.0162. The standard InChI is InChI=1S/C23H26N6O2/c1-16-11-26-21(12-25-16)29(22(30)31)13-18-4-3-7-23(2,9-18)14-28-15-27-19-6-5-17(10-24)8-20(19)28/h5-6,8,11-12,15,18H,3-4,7,9,13-14H2,1-2H3,(H,30,31). The molecule has 160 valence electrons. The average Bonchev–Trinajstić information content (AvgIpc) is 3.14. The first-order valence-electron chi connectivity index (χ1n) is 10.5. The van der Waals surface area contributed by atoms with Crippen molar-refractivity contribution in [3.05, 3.63) is 48.2 Å². The maximum atomic E-state index is 11.9. The highest BCUT2D eigenvalue weighted by Gasteiger charge is 2.35. The van der Waals surface area contributed by atoms with Crippen LogP contribution in [0.3, 0.4) is 0 Å². The third-order valence-electron chi connectivity index (χ3n) is 6.19. The Morgan fingerprint density at radius 2 is 2.19 bits per heavy atom. The number of carboxylic acid groups (broad SMARTS) is 1. The van der Waals surface area contributed by atoms with Gasteiger partial charge in [-0.2, -0.15) is 5.26 Å². The Labute approximate surface area is 181 Å². The molecule has 1 amide bonds. The van der Waals surface area contributed by atoms with Gasteiger partial charge in [-0.15, -0.1) is 0 Å². The van der Waals surface area contributed by atoms with Gasteiger partial charge >= 0.3 is 6.09 Å². The normalized spacial score (nSPS) is 21.0. The van der Waals surface area contributed by atoms with E-state index in [0.717, 1.165) is 49.0 Å². The summed E-state index contributed by atoms with van der Waals surface area (Å²) >= 11 is 0. The summed E-state index contributed by atoms with van der Waals surface area (Å²) in [7, 11) is 0. The molecule has 2 aromatic heterocycles. The minimum atomic E-state index is -1.00. The molecular formula is C23H26N6O2. The molecule has 0 saturated heterocycles. The molecule has 1 fully saturated rings. The van der Waals surface area contributed by atoms with Gasteiger partial charge in [-0.05, 0) is 55.7 Å². The second-order valence-corrected chi connectivity index (χ2v) is 8.87. The van der Waals surface area contributed by atoms with Crippen molar-refractivity contribution in [2.45, 2.75) is 46.1 Å². The molecule has 0 bridgehead atoms. The molecule has 1 aliphatic carbocycles.